The summed E-state index contributed by atoms with van der Waals surface area (Å²) in [6.45, 7) is 1.85. The van der Waals surface area contributed by atoms with Crippen molar-refractivity contribution in [1.82, 2.24) is 9.97 Å². The van der Waals surface area contributed by atoms with Crippen LogP contribution in [0.5, 0.6) is 17.2 Å². The number of nitrogens with zero attached hydrogens (tertiary/aromatic N) is 2. The first-order valence-electron chi connectivity index (χ1n) is 8.47. The van der Waals surface area contributed by atoms with Gasteiger partial charge in [-0.3, -0.25) is 0 Å². The second-order valence-corrected chi connectivity index (χ2v) is 5.89. The number of hydrogen-bond acceptors (Lipinski definition) is 7. The van der Waals surface area contributed by atoms with Crippen LogP contribution in [0.2, 0.25) is 0 Å². The molecule has 28 heavy (non-hydrogen) atoms. The van der Waals surface area contributed by atoms with Crippen LogP contribution in [-0.2, 0) is 0 Å². The second kappa shape index (κ2) is 8.43. The lowest BCUT2D eigenvalue weighted by Crippen LogP contribution is -2.03. The Morgan fingerprint density at radius 3 is 2.14 bits per heavy atom. The van der Waals surface area contributed by atoms with Crippen LogP contribution in [0.3, 0.4) is 0 Å². The lowest BCUT2D eigenvalue weighted by Gasteiger charge is -2.15. The van der Waals surface area contributed by atoms with Crippen molar-refractivity contribution in [2.24, 2.45) is 0 Å². The average molecular weight is 384 g/mol. The molecular formula is C20H21FN4O3. The van der Waals surface area contributed by atoms with Crippen LogP contribution in [-0.4, -0.2) is 31.3 Å². The first kappa shape index (κ1) is 19.2. The molecule has 0 atom stereocenters. The molecule has 0 aliphatic heterocycles. The molecular weight excluding hydrogens is 363 g/mol. The van der Waals surface area contributed by atoms with E-state index in [0.29, 0.717) is 40.4 Å². The quantitative estimate of drug-likeness (QED) is 0.624. The summed E-state index contributed by atoms with van der Waals surface area (Å²) in [5, 5.41) is 6.21. The molecule has 3 aromatic rings. The molecule has 2 aromatic carbocycles. The summed E-state index contributed by atoms with van der Waals surface area (Å²) in [6, 6.07) is 11.4. The van der Waals surface area contributed by atoms with E-state index in [0.717, 1.165) is 5.69 Å². The molecule has 0 unspecified atom stereocenters. The highest BCUT2D eigenvalue weighted by Crippen LogP contribution is 2.40. The van der Waals surface area contributed by atoms with Crippen molar-refractivity contribution < 1.29 is 18.6 Å². The zero-order chi connectivity index (χ0) is 20.1. The summed E-state index contributed by atoms with van der Waals surface area (Å²) < 4.78 is 29.5. The van der Waals surface area contributed by atoms with Gasteiger partial charge in [-0.2, -0.15) is 4.98 Å². The molecule has 0 amide bonds. The van der Waals surface area contributed by atoms with Crippen LogP contribution >= 0.6 is 0 Å². The van der Waals surface area contributed by atoms with Gasteiger partial charge in [0.1, 0.15) is 11.6 Å². The van der Waals surface area contributed by atoms with E-state index in [1.54, 1.807) is 51.7 Å². The number of aromatic nitrogens is 2. The molecule has 0 bridgehead atoms. The van der Waals surface area contributed by atoms with Crippen LogP contribution in [0, 0.1) is 12.7 Å². The third-order valence-electron chi connectivity index (χ3n) is 3.87. The molecule has 7 nitrogen and oxygen atoms in total. The topological polar surface area (TPSA) is 77.5 Å². The Kier molecular flexibility index (Phi) is 5.78. The van der Waals surface area contributed by atoms with E-state index in [1.165, 1.54) is 12.1 Å². The smallest absolute Gasteiger partial charge is 0.229 e. The largest absolute Gasteiger partial charge is 0.493 e. The number of aryl methyl sites for hydroxylation is 1. The van der Waals surface area contributed by atoms with Crippen LogP contribution in [0.15, 0.2) is 42.5 Å². The minimum atomic E-state index is -0.327. The van der Waals surface area contributed by atoms with Crippen LogP contribution < -0.4 is 24.8 Å². The minimum absolute atomic E-state index is 0.327. The van der Waals surface area contributed by atoms with Gasteiger partial charge in [-0.25, -0.2) is 9.37 Å². The number of rotatable bonds is 7. The van der Waals surface area contributed by atoms with Crippen molar-refractivity contribution >= 4 is 23.1 Å². The lowest BCUT2D eigenvalue weighted by atomic mass is 10.2. The van der Waals surface area contributed by atoms with Gasteiger partial charge in [0.05, 0.1) is 21.3 Å². The Hall–Kier alpha value is -3.55. The van der Waals surface area contributed by atoms with Gasteiger partial charge in [-0.15, -0.1) is 0 Å². The van der Waals surface area contributed by atoms with Crippen LogP contribution in [0.25, 0.3) is 0 Å². The predicted octanol–water partition coefficient (Wildman–Crippen LogP) is 4.44. The van der Waals surface area contributed by atoms with Gasteiger partial charge in [-0.05, 0) is 25.1 Å². The molecule has 146 valence electrons. The third-order valence-corrected chi connectivity index (χ3v) is 3.87. The van der Waals surface area contributed by atoms with Gasteiger partial charge >= 0.3 is 0 Å². The van der Waals surface area contributed by atoms with Gasteiger partial charge in [0.15, 0.2) is 11.5 Å². The molecule has 2 N–H and O–H groups in total. The Bertz CT molecular complexity index is 956. The summed E-state index contributed by atoms with van der Waals surface area (Å²) in [5.74, 6) is 2.09. The van der Waals surface area contributed by atoms with Gasteiger partial charge in [0, 0.05) is 35.3 Å². The van der Waals surface area contributed by atoms with Gasteiger partial charge < -0.3 is 24.8 Å². The Labute approximate surface area is 162 Å². The number of nitrogens with one attached hydrogen (secondary N) is 2. The number of hydrogen-bond donors (Lipinski definition) is 2. The molecule has 0 saturated carbocycles. The molecule has 3 rings (SSSR count). The SMILES string of the molecule is COc1cc(Nc2nc(C)cc(Nc3cccc(F)c3)n2)cc(OC)c1OC. The number of benzene rings is 2. The number of methoxy groups -OCH3 is 3. The number of anilines is 4. The fraction of sp³-hybridized carbons (Fsp3) is 0.200. The summed E-state index contributed by atoms with van der Waals surface area (Å²) in [4.78, 5) is 8.83. The minimum Gasteiger partial charge on any atom is -0.493 e. The molecule has 8 heteroatoms. The zero-order valence-corrected chi connectivity index (χ0v) is 16.0. The van der Waals surface area contributed by atoms with Gasteiger partial charge in [0.25, 0.3) is 0 Å². The van der Waals surface area contributed by atoms with Crippen molar-refractivity contribution in [1.29, 1.82) is 0 Å². The third kappa shape index (κ3) is 4.40. The highest BCUT2D eigenvalue weighted by molar-refractivity contribution is 5.66. The first-order chi connectivity index (χ1) is 13.5. The Morgan fingerprint density at radius 1 is 0.821 bits per heavy atom. The van der Waals surface area contributed by atoms with E-state index in [4.69, 9.17) is 14.2 Å². The maximum Gasteiger partial charge on any atom is 0.229 e. The van der Waals surface area contributed by atoms with E-state index >= 15 is 0 Å². The van der Waals surface area contributed by atoms with Crippen molar-refractivity contribution in [3.63, 3.8) is 0 Å². The van der Waals surface area contributed by atoms with E-state index < -0.39 is 0 Å². The van der Waals surface area contributed by atoms with E-state index in [2.05, 4.69) is 20.6 Å². The monoisotopic (exact) mass is 384 g/mol. The molecule has 1 heterocycles. The fourth-order valence-corrected chi connectivity index (χ4v) is 2.68. The standard InChI is InChI=1S/C20H21FN4O3/c1-12-8-18(23-14-7-5-6-13(21)9-14)25-20(22-12)24-15-10-16(26-2)19(28-4)17(11-15)27-3/h5-11H,1-4H3,(H2,22,23,24,25). The van der Waals surface area contributed by atoms with E-state index in [9.17, 15) is 4.39 Å². The summed E-state index contributed by atoms with van der Waals surface area (Å²) >= 11 is 0. The number of ether oxygens (including phenoxy) is 3. The van der Waals surface area contributed by atoms with Crippen molar-refractivity contribution in [2.75, 3.05) is 32.0 Å². The first-order valence-corrected chi connectivity index (χ1v) is 8.47. The lowest BCUT2D eigenvalue weighted by molar-refractivity contribution is 0.324. The highest BCUT2D eigenvalue weighted by atomic mass is 19.1. The average Bonchev–Trinajstić information content (AvgIpc) is 2.66. The molecule has 0 aliphatic rings. The van der Waals surface area contributed by atoms with Gasteiger partial charge in [0.2, 0.25) is 11.7 Å². The van der Waals surface area contributed by atoms with E-state index in [-0.39, 0.29) is 5.82 Å². The van der Waals surface area contributed by atoms with Crippen molar-refractivity contribution in [2.45, 2.75) is 6.92 Å². The molecule has 1 aromatic heterocycles. The molecule has 0 radical (unpaired) electrons. The summed E-state index contributed by atoms with van der Waals surface area (Å²) in [5.41, 5.74) is 2.00. The second-order valence-electron chi connectivity index (χ2n) is 5.89. The van der Waals surface area contributed by atoms with Crippen LogP contribution in [0.1, 0.15) is 5.69 Å². The predicted molar refractivity (Wildman–Crippen MR) is 106 cm³/mol. The van der Waals surface area contributed by atoms with E-state index in [1.807, 2.05) is 6.92 Å². The molecule has 0 fully saturated rings. The summed E-state index contributed by atoms with van der Waals surface area (Å²) in [7, 11) is 4.64. The normalized spacial score (nSPS) is 10.3. The zero-order valence-electron chi connectivity index (χ0n) is 16.0. The molecule has 0 aliphatic carbocycles. The molecule has 0 spiro atoms. The van der Waals surface area contributed by atoms with Crippen molar-refractivity contribution in [3.05, 3.63) is 54.0 Å². The Balaban J connectivity index is 1.89. The number of halogens is 1. The maximum absolute atomic E-state index is 13.4. The summed E-state index contributed by atoms with van der Waals surface area (Å²) in [6.07, 6.45) is 0. The molecule has 0 saturated heterocycles. The fourth-order valence-electron chi connectivity index (χ4n) is 2.68. The Morgan fingerprint density at radius 2 is 1.54 bits per heavy atom. The maximum atomic E-state index is 13.4. The van der Waals surface area contributed by atoms with Gasteiger partial charge in [-0.1, -0.05) is 6.07 Å². The van der Waals surface area contributed by atoms with Crippen molar-refractivity contribution in [3.8, 4) is 17.2 Å². The highest BCUT2D eigenvalue weighted by Gasteiger charge is 2.14. The van der Waals surface area contributed by atoms with Crippen LogP contribution in [0.4, 0.5) is 27.5 Å².